The first-order valence-corrected chi connectivity index (χ1v) is 7.72. The zero-order valence-corrected chi connectivity index (χ0v) is 13.7. The molecule has 3 rings (SSSR count). The monoisotopic (exact) mass is 327 g/mol. The predicted molar refractivity (Wildman–Crippen MR) is 94.9 cm³/mol. The van der Waals surface area contributed by atoms with Crippen molar-refractivity contribution >= 4 is 43.9 Å². The number of aromatic nitrogens is 1. The van der Waals surface area contributed by atoms with Crippen LogP contribution in [0, 0.1) is 0 Å². The fraction of sp³-hybridized carbons (Fsp3) is 0.118. The predicted octanol–water partition coefficient (Wildman–Crippen LogP) is 3.55. The maximum Gasteiger partial charge on any atom is 0.181 e. The summed E-state index contributed by atoms with van der Waals surface area (Å²) in [6.07, 6.45) is 0. The molecule has 0 unspecified atom stereocenters. The van der Waals surface area contributed by atoms with Gasteiger partial charge in [-0.3, -0.25) is 9.59 Å². The minimum Gasteiger partial charge on any atom is -0.399 e. The van der Waals surface area contributed by atoms with E-state index in [1.807, 2.05) is 12.1 Å². The number of nitrogens with two attached hydrogens (primary N) is 2. The van der Waals surface area contributed by atoms with E-state index in [1.54, 1.807) is 37.3 Å². The Morgan fingerprint density at radius 3 is 2.04 bits per heavy atom. The summed E-state index contributed by atoms with van der Waals surface area (Å²) in [5, 5.41) is 0.538. The highest BCUT2D eigenvalue weighted by atomic mass is 32.1. The highest BCUT2D eigenvalue weighted by Crippen LogP contribution is 2.24. The number of carbonyl (C=O) groups is 2. The molecule has 5 nitrogen and oxygen atoms in total. The van der Waals surface area contributed by atoms with E-state index in [0.717, 1.165) is 10.2 Å². The maximum atomic E-state index is 11.0. The molecule has 4 N–H and O–H groups in total. The van der Waals surface area contributed by atoms with Gasteiger partial charge in [-0.2, -0.15) is 0 Å². The van der Waals surface area contributed by atoms with E-state index in [9.17, 15) is 9.59 Å². The average molecular weight is 327 g/mol. The number of nitrogens with zero attached hydrogens (tertiary/aromatic N) is 1. The molecule has 23 heavy (non-hydrogen) atoms. The molecule has 0 aliphatic rings. The lowest BCUT2D eigenvalue weighted by Crippen LogP contribution is -1.91. The summed E-state index contributed by atoms with van der Waals surface area (Å²) >= 11 is 1.40. The van der Waals surface area contributed by atoms with Gasteiger partial charge in [-0.05, 0) is 56.3 Å². The lowest BCUT2D eigenvalue weighted by Gasteiger charge is -1.94. The molecule has 0 aliphatic carbocycles. The zero-order chi connectivity index (χ0) is 17.0. The van der Waals surface area contributed by atoms with Crippen molar-refractivity contribution in [1.29, 1.82) is 0 Å². The van der Waals surface area contributed by atoms with E-state index in [0.29, 0.717) is 21.9 Å². The second-order valence-electron chi connectivity index (χ2n) is 4.97. The third kappa shape index (κ3) is 4.37. The number of hydrogen-bond acceptors (Lipinski definition) is 6. The number of carbonyl (C=O) groups excluding carboxylic acids is 2. The number of Topliss-reactive ketones (excluding diaryl/α,β-unsaturated/α-hetero) is 2. The first-order chi connectivity index (χ1) is 10.9. The number of ketones is 2. The summed E-state index contributed by atoms with van der Waals surface area (Å²) in [5.41, 5.74) is 13.9. The third-order valence-electron chi connectivity index (χ3n) is 3.13. The average Bonchev–Trinajstić information content (AvgIpc) is 2.87. The molecule has 0 aliphatic heterocycles. The topological polar surface area (TPSA) is 99.1 Å². The van der Waals surface area contributed by atoms with Gasteiger partial charge in [-0.15, -0.1) is 0 Å². The summed E-state index contributed by atoms with van der Waals surface area (Å²) in [4.78, 5) is 25.9. The first kappa shape index (κ1) is 16.6. The number of nitrogen functional groups attached to an aromatic ring is 2. The Morgan fingerprint density at radius 1 is 0.913 bits per heavy atom. The van der Waals surface area contributed by atoms with Crippen LogP contribution in [0.4, 0.5) is 10.8 Å². The SMILES string of the molecule is CC(=O)c1ccc(N)cc1.CC(=O)c1ccc2nc(N)sc2c1. The van der Waals surface area contributed by atoms with Crippen molar-refractivity contribution in [3.05, 3.63) is 53.6 Å². The largest absolute Gasteiger partial charge is 0.399 e. The fourth-order valence-electron chi connectivity index (χ4n) is 1.88. The molecule has 0 atom stereocenters. The van der Waals surface area contributed by atoms with Crippen molar-refractivity contribution in [2.24, 2.45) is 0 Å². The molecule has 118 valence electrons. The third-order valence-corrected chi connectivity index (χ3v) is 3.98. The summed E-state index contributed by atoms with van der Waals surface area (Å²) in [6, 6.07) is 12.3. The standard InChI is InChI=1S/C9H8N2OS.C8H9NO/c1-5(12)6-2-3-7-8(4-6)13-9(10)11-7;1-6(10)7-2-4-8(9)5-3-7/h2-4H,1H3,(H2,10,11);2-5H,9H2,1H3. The van der Waals surface area contributed by atoms with Crippen molar-refractivity contribution < 1.29 is 9.59 Å². The summed E-state index contributed by atoms with van der Waals surface area (Å²) < 4.78 is 0.963. The Morgan fingerprint density at radius 2 is 1.48 bits per heavy atom. The van der Waals surface area contributed by atoms with Crippen LogP contribution in [0.3, 0.4) is 0 Å². The van der Waals surface area contributed by atoms with Gasteiger partial charge in [0.15, 0.2) is 16.7 Å². The van der Waals surface area contributed by atoms with Crippen LogP contribution >= 0.6 is 11.3 Å². The van der Waals surface area contributed by atoms with Crippen LogP contribution in [0.25, 0.3) is 10.2 Å². The molecule has 0 radical (unpaired) electrons. The van der Waals surface area contributed by atoms with E-state index in [2.05, 4.69) is 4.98 Å². The summed E-state index contributed by atoms with van der Waals surface area (Å²) in [7, 11) is 0. The quantitative estimate of drug-likeness (QED) is 0.554. The Kier molecular flexibility index (Phi) is 5.08. The van der Waals surface area contributed by atoms with Crippen LogP contribution in [0.2, 0.25) is 0 Å². The smallest absolute Gasteiger partial charge is 0.181 e. The number of rotatable bonds is 2. The van der Waals surface area contributed by atoms with Crippen molar-refractivity contribution in [3.8, 4) is 0 Å². The zero-order valence-electron chi connectivity index (χ0n) is 12.9. The molecule has 0 spiro atoms. The molecular weight excluding hydrogens is 310 g/mol. The highest BCUT2D eigenvalue weighted by Gasteiger charge is 2.04. The Balaban J connectivity index is 0.000000174. The van der Waals surface area contributed by atoms with Crippen LogP contribution in [0.1, 0.15) is 34.6 Å². The minimum atomic E-state index is 0.0638. The van der Waals surface area contributed by atoms with Gasteiger partial charge in [0.2, 0.25) is 0 Å². The molecular formula is C17H17N3O2S. The molecule has 1 aromatic heterocycles. The molecule has 3 aromatic rings. The Labute approximate surface area is 137 Å². The number of thiazole rings is 1. The van der Waals surface area contributed by atoms with E-state index in [4.69, 9.17) is 11.5 Å². The normalized spacial score (nSPS) is 10.0. The Hall–Kier alpha value is -2.73. The number of hydrogen-bond donors (Lipinski definition) is 2. The Bertz CT molecular complexity index is 854. The van der Waals surface area contributed by atoms with Crippen LogP contribution < -0.4 is 11.5 Å². The van der Waals surface area contributed by atoms with Gasteiger partial charge in [0.05, 0.1) is 10.2 Å². The lowest BCUT2D eigenvalue weighted by molar-refractivity contribution is 0.100. The number of anilines is 2. The summed E-state index contributed by atoms with van der Waals surface area (Å²) in [6.45, 7) is 3.08. The molecule has 0 fully saturated rings. The van der Waals surface area contributed by atoms with Crippen molar-refractivity contribution in [2.75, 3.05) is 11.5 Å². The molecule has 0 saturated carbocycles. The minimum absolute atomic E-state index is 0.0638. The van der Waals surface area contributed by atoms with Crippen molar-refractivity contribution in [3.63, 3.8) is 0 Å². The first-order valence-electron chi connectivity index (χ1n) is 6.90. The molecule has 1 heterocycles. The molecule has 2 aromatic carbocycles. The lowest BCUT2D eigenvalue weighted by atomic mass is 10.1. The summed E-state index contributed by atoms with van der Waals surface area (Å²) in [5.74, 6) is 0.133. The van der Waals surface area contributed by atoms with Gasteiger partial charge in [-0.25, -0.2) is 4.98 Å². The van der Waals surface area contributed by atoms with E-state index < -0.39 is 0 Å². The second-order valence-corrected chi connectivity index (χ2v) is 6.03. The van der Waals surface area contributed by atoms with E-state index >= 15 is 0 Å². The van der Waals surface area contributed by atoms with E-state index in [-0.39, 0.29) is 11.6 Å². The van der Waals surface area contributed by atoms with Crippen molar-refractivity contribution in [2.45, 2.75) is 13.8 Å². The van der Waals surface area contributed by atoms with Crippen molar-refractivity contribution in [1.82, 2.24) is 4.98 Å². The van der Waals surface area contributed by atoms with Gasteiger partial charge >= 0.3 is 0 Å². The van der Waals surface area contributed by atoms with Gasteiger partial charge in [-0.1, -0.05) is 11.3 Å². The van der Waals surface area contributed by atoms with Gasteiger partial charge in [0.1, 0.15) is 0 Å². The van der Waals surface area contributed by atoms with Crippen LogP contribution in [0.15, 0.2) is 42.5 Å². The molecule has 0 amide bonds. The van der Waals surface area contributed by atoms with Crippen LogP contribution in [-0.4, -0.2) is 16.6 Å². The van der Waals surface area contributed by atoms with Gasteiger partial charge < -0.3 is 11.5 Å². The fourth-order valence-corrected chi connectivity index (χ4v) is 2.65. The number of benzene rings is 2. The highest BCUT2D eigenvalue weighted by molar-refractivity contribution is 7.22. The van der Waals surface area contributed by atoms with Gasteiger partial charge in [0.25, 0.3) is 0 Å². The maximum absolute atomic E-state index is 11.0. The van der Waals surface area contributed by atoms with Gasteiger partial charge in [0, 0.05) is 16.8 Å². The molecule has 0 bridgehead atoms. The van der Waals surface area contributed by atoms with E-state index in [1.165, 1.54) is 18.3 Å². The number of fused-ring (bicyclic) bond motifs is 1. The molecule has 0 saturated heterocycles. The second kappa shape index (κ2) is 7.02. The van der Waals surface area contributed by atoms with Crippen LogP contribution in [-0.2, 0) is 0 Å². The van der Waals surface area contributed by atoms with Crippen LogP contribution in [0.5, 0.6) is 0 Å². The molecule has 6 heteroatoms.